The molecule has 1 aliphatic heterocycles. The molecule has 1 atom stereocenters. The lowest BCUT2D eigenvalue weighted by Crippen LogP contribution is -2.43. The lowest BCUT2D eigenvalue weighted by atomic mass is 10.1. The molecule has 0 bridgehead atoms. The average molecular weight is 234 g/mol. The van der Waals surface area contributed by atoms with Crippen LogP contribution in [0.5, 0.6) is 0 Å². The molecule has 1 aromatic heterocycles. The third-order valence-electron chi connectivity index (χ3n) is 3.23. The van der Waals surface area contributed by atoms with Crippen molar-refractivity contribution in [2.75, 3.05) is 18.0 Å². The Kier molecular flexibility index (Phi) is 3.84. The van der Waals surface area contributed by atoms with E-state index in [4.69, 9.17) is 10.7 Å². The van der Waals surface area contributed by atoms with Crippen molar-refractivity contribution in [3.63, 3.8) is 0 Å². The van der Waals surface area contributed by atoms with E-state index >= 15 is 0 Å². The van der Waals surface area contributed by atoms with E-state index in [9.17, 15) is 0 Å². The molecule has 1 aliphatic rings. The maximum atomic E-state index is 6.03. The minimum absolute atomic E-state index is 0.280. The summed E-state index contributed by atoms with van der Waals surface area (Å²) >= 11 is 0. The van der Waals surface area contributed by atoms with Crippen LogP contribution in [0.25, 0.3) is 0 Å². The van der Waals surface area contributed by atoms with Gasteiger partial charge in [-0.3, -0.25) is 0 Å². The second-order valence-electron chi connectivity index (χ2n) is 4.68. The van der Waals surface area contributed by atoms with Gasteiger partial charge >= 0.3 is 0 Å². The number of nitrogens with two attached hydrogens (primary N) is 1. The highest BCUT2D eigenvalue weighted by Crippen LogP contribution is 2.19. The van der Waals surface area contributed by atoms with Crippen LogP contribution in [0, 0.1) is 0 Å². The quantitative estimate of drug-likeness (QED) is 0.804. The number of piperidine rings is 1. The summed E-state index contributed by atoms with van der Waals surface area (Å²) < 4.78 is 2.17. The molecule has 4 nitrogen and oxygen atoms in total. The lowest BCUT2D eigenvalue weighted by Gasteiger charge is -2.31. The van der Waals surface area contributed by atoms with Crippen molar-refractivity contribution in [3.8, 4) is 0 Å². The maximum Gasteiger partial charge on any atom is 0.206 e. The topological polar surface area (TPSA) is 47.1 Å². The first-order chi connectivity index (χ1) is 8.24. The third-order valence-corrected chi connectivity index (χ3v) is 3.23. The fourth-order valence-electron chi connectivity index (χ4n) is 2.35. The zero-order valence-corrected chi connectivity index (χ0v) is 10.6. The van der Waals surface area contributed by atoms with Crippen molar-refractivity contribution in [2.24, 2.45) is 5.73 Å². The molecule has 0 amide bonds. The number of imidazole rings is 1. The predicted molar refractivity (Wildman–Crippen MR) is 71.2 cm³/mol. The summed E-state index contributed by atoms with van der Waals surface area (Å²) in [5.41, 5.74) is 7.17. The number of rotatable bonds is 4. The van der Waals surface area contributed by atoms with Crippen molar-refractivity contribution in [3.05, 3.63) is 24.5 Å². The zero-order chi connectivity index (χ0) is 12.3. The summed E-state index contributed by atoms with van der Waals surface area (Å²) in [5.74, 6) is 1.05. The maximum absolute atomic E-state index is 6.03. The predicted octanol–water partition coefficient (Wildman–Crippen LogP) is 1.56. The van der Waals surface area contributed by atoms with E-state index in [0.717, 1.165) is 50.5 Å². The molecule has 2 heterocycles. The van der Waals surface area contributed by atoms with Gasteiger partial charge in [-0.05, 0) is 19.3 Å². The Balaban J connectivity index is 2.22. The number of allylic oxidation sites excluding steroid dienone is 1. The fourth-order valence-corrected chi connectivity index (χ4v) is 2.35. The molecular weight excluding hydrogens is 212 g/mol. The molecule has 1 saturated heterocycles. The summed E-state index contributed by atoms with van der Waals surface area (Å²) in [6.45, 7) is 8.72. The van der Waals surface area contributed by atoms with Gasteiger partial charge in [0.1, 0.15) is 0 Å². The molecule has 0 aromatic carbocycles. The number of anilines is 1. The van der Waals surface area contributed by atoms with Crippen LogP contribution < -0.4 is 10.6 Å². The van der Waals surface area contributed by atoms with Gasteiger partial charge in [-0.15, -0.1) is 6.58 Å². The minimum atomic E-state index is 0.280. The molecule has 1 fully saturated rings. The molecule has 1 aromatic rings. The number of hydrogen-bond donors (Lipinski definition) is 1. The smallest absolute Gasteiger partial charge is 0.206 e. The summed E-state index contributed by atoms with van der Waals surface area (Å²) in [4.78, 5) is 6.99. The molecule has 0 radical (unpaired) electrons. The van der Waals surface area contributed by atoms with Crippen molar-refractivity contribution in [2.45, 2.75) is 38.8 Å². The molecule has 17 heavy (non-hydrogen) atoms. The highest BCUT2D eigenvalue weighted by atomic mass is 15.3. The molecule has 94 valence electrons. The van der Waals surface area contributed by atoms with Gasteiger partial charge in [0.05, 0.1) is 5.69 Å². The van der Waals surface area contributed by atoms with Gasteiger partial charge in [0, 0.05) is 31.9 Å². The summed E-state index contributed by atoms with van der Waals surface area (Å²) in [7, 11) is 0. The average Bonchev–Trinajstić information content (AvgIpc) is 2.73. The van der Waals surface area contributed by atoms with E-state index in [-0.39, 0.29) is 6.04 Å². The minimum Gasteiger partial charge on any atom is -0.341 e. The van der Waals surface area contributed by atoms with Crippen LogP contribution in [-0.2, 0) is 13.0 Å². The first-order valence-electron chi connectivity index (χ1n) is 6.42. The monoisotopic (exact) mass is 234 g/mol. The van der Waals surface area contributed by atoms with E-state index in [0.29, 0.717) is 0 Å². The van der Waals surface area contributed by atoms with E-state index in [1.807, 2.05) is 6.08 Å². The Morgan fingerprint density at radius 3 is 3.12 bits per heavy atom. The molecule has 0 spiro atoms. The van der Waals surface area contributed by atoms with Gasteiger partial charge in [0.25, 0.3) is 0 Å². The standard InChI is InChI=1S/C13H22N4/c1-3-7-16-10-12(4-2)15-13(16)17-8-5-6-11(14)9-17/h3,10-11H,1,4-9,14H2,2H3. The second-order valence-corrected chi connectivity index (χ2v) is 4.68. The highest BCUT2D eigenvalue weighted by molar-refractivity contribution is 5.35. The SMILES string of the molecule is C=CCn1cc(CC)nc1N1CCCC(N)C1. The van der Waals surface area contributed by atoms with Crippen LogP contribution in [0.1, 0.15) is 25.5 Å². The van der Waals surface area contributed by atoms with Crippen LogP contribution >= 0.6 is 0 Å². The van der Waals surface area contributed by atoms with Crippen LogP contribution in [0.4, 0.5) is 5.95 Å². The fraction of sp³-hybridized carbons (Fsp3) is 0.615. The van der Waals surface area contributed by atoms with Crippen molar-refractivity contribution < 1.29 is 0 Å². The van der Waals surface area contributed by atoms with Crippen molar-refractivity contribution >= 4 is 5.95 Å². The van der Waals surface area contributed by atoms with Crippen LogP contribution in [0.15, 0.2) is 18.9 Å². The first kappa shape index (κ1) is 12.2. The van der Waals surface area contributed by atoms with Crippen LogP contribution in [0.3, 0.4) is 0 Å². The summed E-state index contributed by atoms with van der Waals surface area (Å²) in [6.07, 6.45) is 7.28. The van der Waals surface area contributed by atoms with Gasteiger partial charge in [0.2, 0.25) is 5.95 Å². The van der Waals surface area contributed by atoms with E-state index in [1.165, 1.54) is 0 Å². The summed E-state index contributed by atoms with van der Waals surface area (Å²) in [5, 5.41) is 0. The van der Waals surface area contributed by atoms with Crippen LogP contribution in [-0.4, -0.2) is 28.7 Å². The molecule has 2 N–H and O–H groups in total. The van der Waals surface area contributed by atoms with Gasteiger partial charge < -0.3 is 15.2 Å². The third kappa shape index (κ3) is 2.69. The highest BCUT2D eigenvalue weighted by Gasteiger charge is 2.20. The number of aromatic nitrogens is 2. The van der Waals surface area contributed by atoms with Crippen LogP contribution in [0.2, 0.25) is 0 Å². The van der Waals surface area contributed by atoms with Gasteiger partial charge in [-0.25, -0.2) is 4.98 Å². The Hall–Kier alpha value is -1.29. The van der Waals surface area contributed by atoms with Crippen molar-refractivity contribution in [1.82, 2.24) is 9.55 Å². The Labute approximate surface area is 103 Å². The number of hydrogen-bond acceptors (Lipinski definition) is 3. The van der Waals surface area contributed by atoms with E-state index in [1.54, 1.807) is 0 Å². The van der Waals surface area contributed by atoms with Gasteiger partial charge in [-0.1, -0.05) is 13.0 Å². The normalized spacial score (nSPS) is 20.6. The number of nitrogens with zero attached hydrogens (tertiary/aromatic N) is 3. The molecule has 2 rings (SSSR count). The van der Waals surface area contributed by atoms with E-state index in [2.05, 4.69) is 29.2 Å². The summed E-state index contributed by atoms with van der Waals surface area (Å²) in [6, 6.07) is 0.280. The van der Waals surface area contributed by atoms with E-state index < -0.39 is 0 Å². The molecule has 4 heteroatoms. The van der Waals surface area contributed by atoms with Gasteiger partial charge in [-0.2, -0.15) is 0 Å². The zero-order valence-electron chi connectivity index (χ0n) is 10.6. The molecule has 0 aliphatic carbocycles. The van der Waals surface area contributed by atoms with Gasteiger partial charge in [0.15, 0.2) is 0 Å². The molecular formula is C13H22N4. The Morgan fingerprint density at radius 1 is 1.65 bits per heavy atom. The van der Waals surface area contributed by atoms with Crippen molar-refractivity contribution in [1.29, 1.82) is 0 Å². The second kappa shape index (κ2) is 5.36. The Morgan fingerprint density at radius 2 is 2.47 bits per heavy atom. The molecule has 1 unspecified atom stereocenters. The lowest BCUT2D eigenvalue weighted by molar-refractivity contribution is 0.495. The Bertz CT molecular complexity index is 383. The number of aryl methyl sites for hydroxylation is 1. The largest absolute Gasteiger partial charge is 0.341 e. The molecule has 0 saturated carbocycles. The first-order valence-corrected chi connectivity index (χ1v) is 6.42.